The van der Waals surface area contributed by atoms with Gasteiger partial charge in [-0.25, -0.2) is 0 Å². The largest absolute Gasteiger partial charge is 0.493 e. The number of nitro groups is 1. The molecule has 0 radical (unpaired) electrons. The van der Waals surface area contributed by atoms with Crippen LogP contribution in [0.2, 0.25) is 0 Å². The first-order valence-electron chi connectivity index (χ1n) is 7.25. The van der Waals surface area contributed by atoms with Crippen LogP contribution >= 0.6 is 11.8 Å². The van der Waals surface area contributed by atoms with E-state index in [9.17, 15) is 14.9 Å². The molecule has 1 aliphatic rings. The Morgan fingerprint density at radius 2 is 2.08 bits per heavy atom. The van der Waals surface area contributed by atoms with Crippen molar-refractivity contribution in [2.75, 3.05) is 20.8 Å². The summed E-state index contributed by atoms with van der Waals surface area (Å²) < 4.78 is 10.3. The minimum Gasteiger partial charge on any atom is -0.493 e. The summed E-state index contributed by atoms with van der Waals surface area (Å²) in [7, 11) is 3.00. The lowest BCUT2D eigenvalue weighted by Gasteiger charge is -2.09. The normalized spacial score (nSPS) is 15.7. The number of thioether (sulfide) groups is 1. The number of aliphatic imine (C=N–C) groups is 1. The fraction of sp³-hybridized carbons (Fsp3) is 0.250. The summed E-state index contributed by atoms with van der Waals surface area (Å²) in [6.45, 7) is 1.88. The van der Waals surface area contributed by atoms with Gasteiger partial charge in [-0.3, -0.25) is 19.9 Å². The zero-order chi connectivity index (χ0) is 18.4. The van der Waals surface area contributed by atoms with Gasteiger partial charge in [-0.15, -0.1) is 0 Å². The van der Waals surface area contributed by atoms with E-state index in [1.54, 1.807) is 25.1 Å². The van der Waals surface area contributed by atoms with Crippen molar-refractivity contribution in [3.63, 3.8) is 0 Å². The van der Waals surface area contributed by atoms with E-state index in [0.29, 0.717) is 27.1 Å². The van der Waals surface area contributed by atoms with E-state index in [1.165, 1.54) is 38.1 Å². The van der Waals surface area contributed by atoms with Gasteiger partial charge in [0.25, 0.3) is 11.6 Å². The number of nitrogens with zero attached hydrogens (tertiary/aromatic N) is 2. The van der Waals surface area contributed by atoms with Gasteiger partial charge in [-0.05, 0) is 31.2 Å². The van der Waals surface area contributed by atoms with Gasteiger partial charge in [0.1, 0.15) is 0 Å². The van der Waals surface area contributed by atoms with E-state index in [1.807, 2.05) is 0 Å². The number of nitrogens with one attached hydrogen (secondary N) is 1. The average Bonchev–Trinajstić information content (AvgIpc) is 3.05. The van der Waals surface area contributed by atoms with Crippen LogP contribution in [0.5, 0.6) is 11.5 Å². The molecule has 0 aliphatic carbocycles. The van der Waals surface area contributed by atoms with Crippen LogP contribution in [0.25, 0.3) is 0 Å². The summed E-state index contributed by atoms with van der Waals surface area (Å²) in [5.41, 5.74) is 0.378. The van der Waals surface area contributed by atoms with Crippen LogP contribution in [-0.4, -0.2) is 36.8 Å². The summed E-state index contributed by atoms with van der Waals surface area (Å²) in [6.07, 6.45) is 2.86. The molecular formula is C16H17N3O5S. The van der Waals surface area contributed by atoms with E-state index in [4.69, 9.17) is 9.47 Å². The molecule has 8 nitrogen and oxygen atoms in total. The van der Waals surface area contributed by atoms with Crippen molar-refractivity contribution in [2.24, 2.45) is 4.99 Å². The van der Waals surface area contributed by atoms with Crippen LogP contribution in [0.15, 0.2) is 45.9 Å². The minimum absolute atomic E-state index is 0.00910. The second kappa shape index (κ2) is 8.34. The summed E-state index contributed by atoms with van der Waals surface area (Å²) in [4.78, 5) is 27.6. The summed E-state index contributed by atoms with van der Waals surface area (Å²) in [5, 5.41) is 13.9. The Balaban J connectivity index is 2.05. The van der Waals surface area contributed by atoms with Crippen LogP contribution in [0.1, 0.15) is 17.3 Å². The summed E-state index contributed by atoms with van der Waals surface area (Å²) in [6, 6.07) is 4.81. The Labute approximate surface area is 148 Å². The number of methoxy groups -OCH3 is 2. The maximum atomic E-state index is 12.3. The van der Waals surface area contributed by atoms with Gasteiger partial charge in [0.05, 0.1) is 25.7 Å². The van der Waals surface area contributed by atoms with Gasteiger partial charge in [0, 0.05) is 16.5 Å². The molecule has 0 unspecified atom stereocenters. The van der Waals surface area contributed by atoms with Gasteiger partial charge < -0.3 is 14.8 Å². The van der Waals surface area contributed by atoms with Crippen molar-refractivity contribution in [1.29, 1.82) is 0 Å². The van der Waals surface area contributed by atoms with Gasteiger partial charge in [0.15, 0.2) is 16.7 Å². The Bertz CT molecular complexity index is 786. The highest BCUT2D eigenvalue weighted by Crippen LogP contribution is 2.28. The first-order chi connectivity index (χ1) is 12.0. The van der Waals surface area contributed by atoms with E-state index in [2.05, 4.69) is 10.3 Å². The van der Waals surface area contributed by atoms with Crippen molar-refractivity contribution in [1.82, 2.24) is 5.32 Å². The minimum atomic E-state index is -0.465. The van der Waals surface area contributed by atoms with Gasteiger partial charge in [-0.1, -0.05) is 11.8 Å². The van der Waals surface area contributed by atoms with Crippen molar-refractivity contribution in [2.45, 2.75) is 6.92 Å². The molecule has 0 saturated heterocycles. The lowest BCUT2D eigenvalue weighted by molar-refractivity contribution is -0.419. The van der Waals surface area contributed by atoms with Crippen LogP contribution in [0, 0.1) is 10.1 Å². The van der Waals surface area contributed by atoms with E-state index < -0.39 is 4.92 Å². The molecule has 1 amide bonds. The van der Waals surface area contributed by atoms with Gasteiger partial charge in [0.2, 0.25) is 0 Å². The number of carbonyl (C=O) groups excluding carboxylic acids is 1. The van der Waals surface area contributed by atoms with E-state index in [-0.39, 0.29) is 18.1 Å². The molecular weight excluding hydrogens is 346 g/mol. The molecule has 1 aromatic rings. The van der Waals surface area contributed by atoms with Crippen molar-refractivity contribution in [3.8, 4) is 11.5 Å². The lowest BCUT2D eigenvalue weighted by atomic mass is 10.2. The molecule has 0 saturated carbocycles. The third kappa shape index (κ3) is 4.60. The number of hydrogen-bond donors (Lipinski definition) is 1. The number of amidine groups is 1. The molecule has 0 aromatic heterocycles. The lowest BCUT2D eigenvalue weighted by Crippen LogP contribution is -2.27. The highest BCUT2D eigenvalue weighted by molar-refractivity contribution is 8.17. The molecule has 0 atom stereocenters. The number of allylic oxidation sites excluding steroid dienone is 2. The van der Waals surface area contributed by atoms with Crippen LogP contribution in [0.4, 0.5) is 0 Å². The van der Waals surface area contributed by atoms with Gasteiger partial charge in [-0.2, -0.15) is 0 Å². The highest BCUT2D eigenvalue weighted by Gasteiger charge is 2.19. The third-order valence-corrected chi connectivity index (χ3v) is 4.22. The molecule has 1 aliphatic heterocycles. The van der Waals surface area contributed by atoms with E-state index in [0.717, 1.165) is 0 Å². The van der Waals surface area contributed by atoms with Crippen LogP contribution in [-0.2, 0) is 0 Å². The number of ether oxygens (including phenoxy) is 2. The predicted molar refractivity (Wildman–Crippen MR) is 95.7 cm³/mol. The van der Waals surface area contributed by atoms with Crippen LogP contribution in [0.3, 0.4) is 0 Å². The zero-order valence-electron chi connectivity index (χ0n) is 13.9. The predicted octanol–water partition coefficient (Wildman–Crippen LogP) is 2.60. The molecule has 1 aromatic carbocycles. The Morgan fingerprint density at radius 1 is 1.36 bits per heavy atom. The number of hydrogen-bond acceptors (Lipinski definition) is 7. The quantitative estimate of drug-likeness (QED) is 0.637. The number of amides is 1. The third-order valence-electron chi connectivity index (χ3n) is 3.29. The fourth-order valence-corrected chi connectivity index (χ4v) is 2.86. The second-order valence-corrected chi connectivity index (χ2v) is 5.94. The van der Waals surface area contributed by atoms with Crippen molar-refractivity contribution in [3.05, 3.63) is 56.6 Å². The fourth-order valence-electron chi connectivity index (χ4n) is 2.03. The molecule has 0 fully saturated rings. The first-order valence-corrected chi connectivity index (χ1v) is 8.07. The second-order valence-electron chi connectivity index (χ2n) is 4.83. The Hall–Kier alpha value is -2.81. The monoisotopic (exact) mass is 363 g/mol. The summed E-state index contributed by atoms with van der Waals surface area (Å²) in [5.74, 6) is 0.616. The molecule has 0 spiro atoms. The highest BCUT2D eigenvalue weighted by atomic mass is 32.2. The van der Waals surface area contributed by atoms with Crippen LogP contribution < -0.4 is 14.8 Å². The van der Waals surface area contributed by atoms with Crippen molar-refractivity contribution < 1.29 is 19.2 Å². The molecule has 0 bridgehead atoms. The number of carbonyl (C=O) groups is 1. The Morgan fingerprint density at radius 3 is 2.68 bits per heavy atom. The topological polar surface area (TPSA) is 103 Å². The zero-order valence-corrected chi connectivity index (χ0v) is 14.8. The average molecular weight is 363 g/mol. The van der Waals surface area contributed by atoms with Crippen molar-refractivity contribution >= 4 is 22.8 Å². The number of rotatable bonds is 5. The van der Waals surface area contributed by atoms with Gasteiger partial charge >= 0.3 is 0 Å². The summed E-state index contributed by atoms with van der Waals surface area (Å²) >= 11 is 1.19. The molecule has 1 heterocycles. The molecule has 25 heavy (non-hydrogen) atoms. The maximum Gasteiger partial charge on any atom is 0.266 e. The SMILES string of the molecule is C/C=C(\C=C1/CN=C(NC(=O)c2ccc(OC)c(OC)c2)S1)[N+](=O)[O-]. The maximum absolute atomic E-state index is 12.3. The molecule has 2 rings (SSSR count). The molecule has 132 valence electrons. The standard InChI is InChI=1S/C16H17N3O5S/c1-4-11(19(21)22)8-12-9-17-16(25-12)18-15(20)10-5-6-13(23-2)14(7-10)24-3/h4-8H,9H2,1-3H3,(H,17,18,20)/b11-4+,12-8+. The van der Waals surface area contributed by atoms with E-state index >= 15 is 0 Å². The smallest absolute Gasteiger partial charge is 0.266 e. The molecule has 9 heteroatoms. The molecule has 1 N–H and O–H groups in total. The first kappa shape index (κ1) is 18.5. The number of benzene rings is 1. The Kier molecular flexibility index (Phi) is 6.18.